The van der Waals surface area contributed by atoms with Gasteiger partial charge in [-0.2, -0.15) is 0 Å². The molecular weight excluding hydrogens is 421 g/mol. The summed E-state index contributed by atoms with van der Waals surface area (Å²) in [4.78, 5) is 36.7. The molecule has 5 rings (SSSR count). The van der Waals surface area contributed by atoms with Crippen molar-refractivity contribution in [2.24, 2.45) is 0 Å². The Bertz CT molecular complexity index is 1310. The van der Waals surface area contributed by atoms with Gasteiger partial charge >= 0.3 is 0 Å². The zero-order chi connectivity index (χ0) is 22.8. The molecule has 0 unspecified atom stereocenters. The summed E-state index contributed by atoms with van der Waals surface area (Å²) >= 11 is 0. The van der Waals surface area contributed by atoms with E-state index >= 15 is 0 Å². The van der Waals surface area contributed by atoms with Crippen molar-refractivity contribution in [2.75, 3.05) is 11.9 Å². The molecule has 0 spiro atoms. The molecule has 0 fully saturated rings. The van der Waals surface area contributed by atoms with Crippen molar-refractivity contribution in [1.82, 2.24) is 29.8 Å². The van der Waals surface area contributed by atoms with E-state index < -0.39 is 0 Å². The highest BCUT2D eigenvalue weighted by Crippen LogP contribution is 2.30. The lowest BCUT2D eigenvalue weighted by Gasteiger charge is -2.29. The summed E-state index contributed by atoms with van der Waals surface area (Å²) in [6.45, 7) is 2.61. The molecule has 1 aliphatic heterocycles. The van der Waals surface area contributed by atoms with E-state index in [-0.39, 0.29) is 17.4 Å². The number of aryl methyl sites for hydroxylation is 1. The van der Waals surface area contributed by atoms with Gasteiger partial charge in [0.15, 0.2) is 5.82 Å². The zero-order valence-corrected chi connectivity index (χ0v) is 17.9. The quantitative estimate of drug-likeness (QED) is 0.516. The molecule has 0 saturated carbocycles. The summed E-state index contributed by atoms with van der Waals surface area (Å²) in [7, 11) is 0. The van der Waals surface area contributed by atoms with Gasteiger partial charge in [-0.15, -0.1) is 0 Å². The van der Waals surface area contributed by atoms with E-state index in [9.17, 15) is 9.18 Å². The van der Waals surface area contributed by atoms with Crippen LogP contribution in [-0.2, 0) is 13.0 Å². The van der Waals surface area contributed by atoms with Gasteiger partial charge in [-0.25, -0.2) is 19.3 Å². The Morgan fingerprint density at radius 2 is 2.00 bits per heavy atom. The van der Waals surface area contributed by atoms with Crippen LogP contribution in [0.3, 0.4) is 0 Å². The minimum absolute atomic E-state index is 0.207. The number of rotatable bonds is 4. The number of benzene rings is 1. The lowest BCUT2D eigenvalue weighted by molar-refractivity contribution is 0.0727. The molecule has 3 aromatic heterocycles. The van der Waals surface area contributed by atoms with Crippen molar-refractivity contribution in [3.63, 3.8) is 0 Å². The van der Waals surface area contributed by atoms with Crippen LogP contribution < -0.4 is 5.32 Å². The Labute approximate surface area is 189 Å². The van der Waals surface area contributed by atoms with E-state index in [4.69, 9.17) is 9.97 Å². The average Bonchev–Trinajstić information content (AvgIpc) is 2.84. The molecule has 8 nitrogen and oxygen atoms in total. The van der Waals surface area contributed by atoms with Gasteiger partial charge in [0.2, 0.25) is 0 Å². The molecule has 1 aliphatic rings. The van der Waals surface area contributed by atoms with Crippen LogP contribution >= 0.6 is 0 Å². The molecule has 0 bridgehead atoms. The standard InChI is InChI=1S/C24H20FN7O/c1-15-11-28-21(13-27-15)24(33)32-9-7-20-19(14-32)23(29-18-6-2-5-17(25)10-18)31-22(30-20)16-4-3-8-26-12-16/h2-6,8,10-13H,7,9,14H2,1H3,(H,29,30,31). The van der Waals surface area contributed by atoms with Gasteiger partial charge in [0.1, 0.15) is 17.3 Å². The second-order valence-electron chi connectivity index (χ2n) is 7.72. The van der Waals surface area contributed by atoms with E-state index in [0.717, 1.165) is 22.5 Å². The minimum Gasteiger partial charge on any atom is -0.340 e. The molecule has 9 heteroatoms. The molecule has 1 aromatic carbocycles. The molecule has 0 atom stereocenters. The predicted octanol–water partition coefficient (Wildman–Crippen LogP) is 3.72. The molecule has 1 amide bonds. The number of aromatic nitrogens is 5. The first kappa shape index (κ1) is 20.6. The largest absolute Gasteiger partial charge is 0.340 e. The SMILES string of the molecule is Cc1cnc(C(=O)N2CCc3nc(-c4cccnc4)nc(Nc4cccc(F)c4)c3C2)cn1. The number of hydrogen-bond donors (Lipinski definition) is 1. The summed E-state index contributed by atoms with van der Waals surface area (Å²) in [6, 6.07) is 9.86. The third-order valence-corrected chi connectivity index (χ3v) is 5.35. The predicted molar refractivity (Wildman–Crippen MR) is 120 cm³/mol. The molecular formula is C24H20FN7O. The first-order valence-electron chi connectivity index (χ1n) is 10.5. The highest BCUT2D eigenvalue weighted by molar-refractivity contribution is 5.92. The summed E-state index contributed by atoms with van der Waals surface area (Å²) in [5.41, 5.74) is 3.98. The maximum atomic E-state index is 13.8. The normalized spacial score (nSPS) is 12.8. The van der Waals surface area contributed by atoms with Gasteiger partial charge < -0.3 is 10.2 Å². The zero-order valence-electron chi connectivity index (χ0n) is 17.9. The van der Waals surface area contributed by atoms with E-state index in [2.05, 4.69) is 20.3 Å². The van der Waals surface area contributed by atoms with Crippen molar-refractivity contribution < 1.29 is 9.18 Å². The van der Waals surface area contributed by atoms with Gasteiger partial charge in [-0.3, -0.25) is 14.8 Å². The minimum atomic E-state index is -0.356. The fourth-order valence-corrected chi connectivity index (χ4v) is 3.68. The number of amides is 1. The lowest BCUT2D eigenvalue weighted by atomic mass is 10.0. The highest BCUT2D eigenvalue weighted by Gasteiger charge is 2.27. The monoisotopic (exact) mass is 441 g/mol. The topological polar surface area (TPSA) is 96.8 Å². The second kappa shape index (κ2) is 8.70. The number of pyridine rings is 1. The number of hydrogen-bond acceptors (Lipinski definition) is 7. The average molecular weight is 441 g/mol. The first-order chi connectivity index (χ1) is 16.1. The number of carbonyl (C=O) groups is 1. The Hall–Kier alpha value is -4.27. The highest BCUT2D eigenvalue weighted by atomic mass is 19.1. The van der Waals surface area contributed by atoms with Crippen LogP contribution in [0.1, 0.15) is 27.4 Å². The fraction of sp³-hybridized carbons (Fsp3) is 0.167. The van der Waals surface area contributed by atoms with E-state index in [0.29, 0.717) is 36.8 Å². The van der Waals surface area contributed by atoms with E-state index in [1.165, 1.54) is 18.3 Å². The maximum absolute atomic E-state index is 13.8. The van der Waals surface area contributed by atoms with E-state index in [1.807, 2.05) is 19.1 Å². The summed E-state index contributed by atoms with van der Waals surface area (Å²) in [6.07, 6.45) is 6.99. The molecule has 4 heterocycles. The first-order valence-corrected chi connectivity index (χ1v) is 10.5. The number of nitrogens with zero attached hydrogens (tertiary/aromatic N) is 6. The Morgan fingerprint density at radius 3 is 2.76 bits per heavy atom. The summed E-state index contributed by atoms with van der Waals surface area (Å²) in [5.74, 6) is 0.480. The van der Waals surface area contributed by atoms with Gasteiger partial charge in [0, 0.05) is 48.4 Å². The van der Waals surface area contributed by atoms with Crippen molar-refractivity contribution in [2.45, 2.75) is 19.9 Å². The van der Waals surface area contributed by atoms with Crippen LogP contribution in [0.25, 0.3) is 11.4 Å². The molecule has 164 valence electrons. The van der Waals surface area contributed by atoms with Crippen LogP contribution in [0.4, 0.5) is 15.9 Å². The lowest BCUT2D eigenvalue weighted by Crippen LogP contribution is -2.37. The van der Waals surface area contributed by atoms with Crippen LogP contribution in [0.5, 0.6) is 0 Å². The Morgan fingerprint density at radius 1 is 1.09 bits per heavy atom. The third-order valence-electron chi connectivity index (χ3n) is 5.35. The van der Waals surface area contributed by atoms with Crippen LogP contribution in [-0.4, -0.2) is 42.3 Å². The van der Waals surface area contributed by atoms with Gasteiger partial charge in [-0.1, -0.05) is 6.07 Å². The molecule has 0 aliphatic carbocycles. The molecule has 0 saturated heterocycles. The van der Waals surface area contributed by atoms with Gasteiger partial charge in [0.25, 0.3) is 5.91 Å². The van der Waals surface area contributed by atoms with Gasteiger partial charge in [-0.05, 0) is 37.3 Å². The smallest absolute Gasteiger partial charge is 0.274 e. The number of nitrogens with one attached hydrogen (secondary N) is 1. The Balaban J connectivity index is 1.52. The molecule has 1 N–H and O–H groups in total. The van der Waals surface area contributed by atoms with E-state index in [1.54, 1.807) is 35.6 Å². The summed E-state index contributed by atoms with van der Waals surface area (Å²) < 4.78 is 13.8. The maximum Gasteiger partial charge on any atom is 0.274 e. The number of carbonyl (C=O) groups excluding carboxylic acids is 1. The third kappa shape index (κ3) is 4.38. The van der Waals surface area contributed by atoms with Gasteiger partial charge in [0.05, 0.1) is 24.1 Å². The molecule has 0 radical (unpaired) electrons. The van der Waals surface area contributed by atoms with Crippen LogP contribution in [0, 0.1) is 12.7 Å². The van der Waals surface area contributed by atoms with Crippen LogP contribution in [0.2, 0.25) is 0 Å². The van der Waals surface area contributed by atoms with Crippen molar-refractivity contribution in [1.29, 1.82) is 0 Å². The van der Waals surface area contributed by atoms with Crippen molar-refractivity contribution in [3.05, 3.63) is 89.6 Å². The molecule has 4 aromatic rings. The Kier molecular flexibility index (Phi) is 5.43. The van der Waals surface area contributed by atoms with Crippen molar-refractivity contribution >= 4 is 17.4 Å². The second-order valence-corrected chi connectivity index (χ2v) is 7.72. The van der Waals surface area contributed by atoms with Crippen molar-refractivity contribution in [3.8, 4) is 11.4 Å². The van der Waals surface area contributed by atoms with Crippen LogP contribution in [0.15, 0.2) is 61.2 Å². The molecule has 33 heavy (non-hydrogen) atoms. The number of fused-ring (bicyclic) bond motifs is 1. The summed E-state index contributed by atoms with van der Waals surface area (Å²) in [5, 5.41) is 3.21. The number of anilines is 2. The number of halogens is 1. The fourth-order valence-electron chi connectivity index (χ4n) is 3.68.